The van der Waals surface area contributed by atoms with Gasteiger partial charge in [-0.2, -0.15) is 9.97 Å². The lowest BCUT2D eigenvalue weighted by atomic mass is 9.97. The van der Waals surface area contributed by atoms with E-state index >= 15 is 0 Å². The van der Waals surface area contributed by atoms with E-state index in [9.17, 15) is 28.0 Å². The minimum atomic E-state index is -0.822. The van der Waals surface area contributed by atoms with Crippen molar-refractivity contribution in [1.29, 1.82) is 0 Å². The number of methoxy groups -OCH3 is 3. The molecule has 0 atom stereocenters. The van der Waals surface area contributed by atoms with Crippen molar-refractivity contribution in [2.45, 2.75) is 52.9 Å². The van der Waals surface area contributed by atoms with Crippen LogP contribution in [0.15, 0.2) is 60.7 Å². The normalized spacial score (nSPS) is 12.3. The molecule has 0 unspecified atom stereocenters. The zero-order valence-electron chi connectivity index (χ0n) is 29.0. The highest BCUT2D eigenvalue weighted by atomic mass is 19.1. The monoisotopic (exact) mass is 688 g/mol. The van der Waals surface area contributed by atoms with Crippen LogP contribution in [0, 0.1) is 11.6 Å². The summed E-state index contributed by atoms with van der Waals surface area (Å²) in [4.78, 5) is 60.1. The van der Waals surface area contributed by atoms with Crippen molar-refractivity contribution in [3.05, 3.63) is 94.6 Å². The van der Waals surface area contributed by atoms with Gasteiger partial charge < -0.3 is 14.2 Å². The quantitative estimate of drug-likeness (QED) is 0.137. The number of pyridine rings is 2. The molecule has 3 heterocycles. The number of anilines is 4. The van der Waals surface area contributed by atoms with Gasteiger partial charge in [0.1, 0.15) is 5.56 Å². The van der Waals surface area contributed by atoms with Crippen molar-refractivity contribution >= 4 is 46.6 Å². The van der Waals surface area contributed by atoms with E-state index in [-0.39, 0.29) is 64.6 Å². The number of hydrogen-bond donors (Lipinski definition) is 0. The van der Waals surface area contributed by atoms with Crippen LogP contribution < -0.4 is 19.3 Å². The average Bonchev–Trinajstić information content (AvgIpc) is 3.09. The Morgan fingerprint density at radius 3 is 1.96 bits per heavy atom. The number of esters is 1. The van der Waals surface area contributed by atoms with E-state index in [0.29, 0.717) is 11.4 Å². The number of ether oxygens (including phenoxy) is 3. The molecule has 0 saturated heterocycles. The van der Waals surface area contributed by atoms with Gasteiger partial charge in [-0.3, -0.25) is 24.2 Å². The number of para-hydroxylation sites is 2. The third-order valence-electron chi connectivity index (χ3n) is 7.84. The summed E-state index contributed by atoms with van der Waals surface area (Å²) < 4.78 is 42.6. The van der Waals surface area contributed by atoms with E-state index < -0.39 is 23.4 Å². The Morgan fingerprint density at radius 1 is 0.820 bits per heavy atom. The molecule has 0 N–H and O–H groups in total. The van der Waals surface area contributed by atoms with Gasteiger partial charge in [0.15, 0.2) is 29.1 Å². The Balaban J connectivity index is 0.000000225. The molecule has 5 rings (SSSR count). The Kier molecular flexibility index (Phi) is 11.6. The van der Waals surface area contributed by atoms with Gasteiger partial charge in [-0.05, 0) is 47.2 Å². The smallest absolute Gasteiger partial charge is 0.341 e. The number of hydrogen-bond acceptors (Lipinski definition) is 9. The lowest BCUT2D eigenvalue weighted by molar-refractivity contribution is -0.117. The summed E-state index contributed by atoms with van der Waals surface area (Å²) >= 11 is 0. The predicted molar refractivity (Wildman–Crippen MR) is 183 cm³/mol. The highest BCUT2D eigenvalue weighted by molar-refractivity contribution is 6.21. The molecule has 11 nitrogen and oxygen atoms in total. The van der Waals surface area contributed by atoms with Crippen LogP contribution in [-0.4, -0.2) is 54.9 Å². The second kappa shape index (κ2) is 15.7. The number of benzene rings is 2. The molecule has 0 fully saturated rings. The lowest BCUT2D eigenvalue weighted by Gasteiger charge is -2.30. The molecule has 1 aliphatic heterocycles. The number of Topliss-reactive ketones (excluding diaryl/α,β-unsaturated/α-hetero) is 1. The molecule has 1 aliphatic rings. The average molecular weight is 689 g/mol. The number of carbonyl (C=O) groups excluding carboxylic acids is 4. The van der Waals surface area contributed by atoms with Crippen LogP contribution in [-0.2, 0) is 14.3 Å². The SMILES string of the molecule is COC(=O)c1cc(F)c(OC)nc1N(C(C)=O)c1ccccc1C(C)C.COc1nc2c(cc1F)C(=O)CC(=O)N2c1ccccc1C(C)C. The minimum Gasteiger partial charge on any atom is -0.479 e. The van der Waals surface area contributed by atoms with Crippen LogP contribution in [0.25, 0.3) is 0 Å². The van der Waals surface area contributed by atoms with Crippen molar-refractivity contribution < 1.29 is 42.2 Å². The number of rotatable bonds is 8. The van der Waals surface area contributed by atoms with Crippen molar-refractivity contribution in [2.75, 3.05) is 31.1 Å². The molecule has 262 valence electrons. The first kappa shape index (κ1) is 37.1. The van der Waals surface area contributed by atoms with Gasteiger partial charge in [-0.1, -0.05) is 64.1 Å². The number of amides is 2. The molecule has 2 aromatic carbocycles. The number of ketones is 1. The summed E-state index contributed by atoms with van der Waals surface area (Å²) in [6.07, 6.45) is -0.313. The van der Waals surface area contributed by atoms with Gasteiger partial charge in [0.05, 0.1) is 44.7 Å². The number of halogens is 2. The maximum atomic E-state index is 14.1. The van der Waals surface area contributed by atoms with Crippen LogP contribution >= 0.6 is 0 Å². The largest absolute Gasteiger partial charge is 0.479 e. The Morgan fingerprint density at radius 2 is 1.38 bits per heavy atom. The molecule has 0 aliphatic carbocycles. The standard InChI is InChI=1S/C19H21FN2O4.C18H17FN2O3/c1-11(2)13-8-6-7-9-16(13)22(12(3)23)17-14(19(24)26-5)10-15(20)18(21-17)25-4;1-10(2)11-6-4-5-7-14(11)21-16(23)9-15(22)12-8-13(19)18(24-3)20-17(12)21/h6-11H,1-5H3;4-8,10H,9H2,1-3H3. The van der Waals surface area contributed by atoms with Crippen LogP contribution in [0.1, 0.15) is 84.7 Å². The molecule has 13 heteroatoms. The summed E-state index contributed by atoms with van der Waals surface area (Å²) in [5, 5.41) is 0. The highest BCUT2D eigenvalue weighted by Gasteiger charge is 2.35. The van der Waals surface area contributed by atoms with Crippen LogP contribution in [0.3, 0.4) is 0 Å². The van der Waals surface area contributed by atoms with E-state index in [1.54, 1.807) is 18.2 Å². The molecule has 2 amide bonds. The topological polar surface area (TPSA) is 128 Å². The van der Waals surface area contributed by atoms with Crippen molar-refractivity contribution in [2.24, 2.45) is 0 Å². The predicted octanol–water partition coefficient (Wildman–Crippen LogP) is 7.43. The summed E-state index contributed by atoms with van der Waals surface area (Å²) in [7, 11) is 3.72. The fourth-order valence-corrected chi connectivity index (χ4v) is 5.49. The second-order valence-electron chi connectivity index (χ2n) is 11.8. The Hall–Kier alpha value is -5.72. The number of nitrogens with zero attached hydrogens (tertiary/aromatic N) is 4. The van der Waals surface area contributed by atoms with Gasteiger partial charge in [0, 0.05) is 6.92 Å². The molecular weight excluding hydrogens is 650 g/mol. The molecule has 2 aromatic heterocycles. The van der Waals surface area contributed by atoms with Crippen LogP contribution in [0.2, 0.25) is 0 Å². The van der Waals surface area contributed by atoms with Crippen molar-refractivity contribution in [3.8, 4) is 11.8 Å². The van der Waals surface area contributed by atoms with E-state index in [2.05, 4.69) is 9.97 Å². The van der Waals surface area contributed by atoms with Gasteiger partial charge in [0.2, 0.25) is 11.8 Å². The first-order valence-electron chi connectivity index (χ1n) is 15.7. The lowest BCUT2D eigenvalue weighted by Crippen LogP contribution is -2.35. The third kappa shape index (κ3) is 7.46. The molecule has 0 spiro atoms. The summed E-state index contributed by atoms with van der Waals surface area (Å²) in [6, 6.07) is 16.7. The second-order valence-corrected chi connectivity index (χ2v) is 11.8. The minimum absolute atomic E-state index is 0.0456. The number of carbonyl (C=O) groups is 4. The summed E-state index contributed by atoms with van der Waals surface area (Å²) in [5.41, 5.74) is 2.94. The Bertz CT molecular complexity index is 1950. The Labute approximate surface area is 288 Å². The van der Waals surface area contributed by atoms with Gasteiger partial charge in [-0.25, -0.2) is 13.6 Å². The maximum absolute atomic E-state index is 14.1. The first-order chi connectivity index (χ1) is 23.7. The summed E-state index contributed by atoms with van der Waals surface area (Å²) in [6.45, 7) is 9.33. The van der Waals surface area contributed by atoms with E-state index in [1.807, 2.05) is 58.0 Å². The van der Waals surface area contributed by atoms with Gasteiger partial charge in [0.25, 0.3) is 11.8 Å². The zero-order chi connectivity index (χ0) is 36.9. The van der Waals surface area contributed by atoms with Crippen LogP contribution in [0.5, 0.6) is 11.8 Å². The number of aromatic nitrogens is 2. The first-order valence-corrected chi connectivity index (χ1v) is 15.7. The van der Waals surface area contributed by atoms with Crippen molar-refractivity contribution in [3.63, 3.8) is 0 Å². The molecule has 0 saturated carbocycles. The fourth-order valence-electron chi connectivity index (χ4n) is 5.49. The fraction of sp³-hybridized carbons (Fsp3) is 0.297. The molecular formula is C37H38F2N4O7. The summed E-state index contributed by atoms with van der Waals surface area (Å²) in [5.74, 6) is -3.79. The highest BCUT2D eigenvalue weighted by Crippen LogP contribution is 2.39. The number of fused-ring (bicyclic) bond motifs is 1. The maximum Gasteiger partial charge on any atom is 0.341 e. The van der Waals surface area contributed by atoms with Gasteiger partial charge in [-0.15, -0.1) is 0 Å². The van der Waals surface area contributed by atoms with E-state index in [1.165, 1.54) is 38.1 Å². The van der Waals surface area contributed by atoms with Crippen molar-refractivity contribution in [1.82, 2.24) is 9.97 Å². The van der Waals surface area contributed by atoms with E-state index in [4.69, 9.17) is 14.2 Å². The van der Waals surface area contributed by atoms with Gasteiger partial charge >= 0.3 is 5.97 Å². The molecule has 0 radical (unpaired) electrons. The third-order valence-corrected chi connectivity index (χ3v) is 7.84. The molecule has 0 bridgehead atoms. The van der Waals surface area contributed by atoms with E-state index in [0.717, 1.165) is 23.3 Å². The molecule has 50 heavy (non-hydrogen) atoms. The van der Waals surface area contributed by atoms with Crippen LogP contribution in [0.4, 0.5) is 31.8 Å². The molecule has 4 aromatic rings. The zero-order valence-corrected chi connectivity index (χ0v) is 29.0.